The second-order valence-electron chi connectivity index (χ2n) is 21.8. The van der Waals surface area contributed by atoms with Gasteiger partial charge < -0.3 is 54.7 Å². The number of nitrogen functional groups attached to an aromatic ring is 1. The Kier molecular flexibility index (Phi) is 15.5. The van der Waals surface area contributed by atoms with Gasteiger partial charge in [0.15, 0.2) is 11.6 Å². The van der Waals surface area contributed by atoms with Crippen molar-refractivity contribution in [2.75, 3.05) is 61.4 Å². The topological polar surface area (TPSA) is 231 Å². The van der Waals surface area contributed by atoms with Gasteiger partial charge in [-0.3, -0.25) is 14.5 Å². The van der Waals surface area contributed by atoms with Crippen LogP contribution in [0.5, 0.6) is 17.5 Å². The fourth-order valence-electron chi connectivity index (χ4n) is 12.0. The number of phenols is 1. The molecule has 2 amide bonds. The number of aliphatic hydroxyl groups excluding tert-OH is 1. The van der Waals surface area contributed by atoms with Gasteiger partial charge in [-0.1, -0.05) is 50.2 Å². The number of piperidine rings is 1. The molecule has 19 nitrogen and oxygen atoms in total. The Morgan fingerprint density at radius 1 is 0.923 bits per heavy atom. The Morgan fingerprint density at radius 3 is 2.40 bits per heavy atom. The number of amides is 2. The normalized spacial score (nSPS) is 23.3. The number of piperazine rings is 1. The summed E-state index contributed by atoms with van der Waals surface area (Å²) in [5.74, 6) is -2.74. The minimum atomic E-state index is -1.10. The number of carbonyl (C=O) groups is 2. The molecular formula is C57H68FN11O8S. The summed E-state index contributed by atoms with van der Waals surface area (Å²) in [6.45, 7) is 11.2. The molecule has 2 bridgehead atoms. The highest BCUT2D eigenvalue weighted by Gasteiger charge is 2.46. The Labute approximate surface area is 456 Å². The highest BCUT2D eigenvalue weighted by molar-refractivity contribution is 7.13. The van der Waals surface area contributed by atoms with E-state index in [1.54, 1.807) is 37.3 Å². The number of fused-ring (bicyclic) bond motifs is 2. The SMILES string of the molecule is Cc1ncsc1-c1ccc([C@H](C)NC(=O)[C@@H]2C[C@@H](O)CN2C(=O)[C@H](c2onc(OCCN3CCC(OC4CC(Oc5cc(N6C7CCC6CN(c6cc(-c8ccccc8O)nnc6N)C7)ccn5)C4)CC3)c2F)C(C)C)cc1. The first-order valence-corrected chi connectivity index (χ1v) is 28.1. The molecule has 6 atom stereocenters. The van der Waals surface area contributed by atoms with Crippen LogP contribution in [-0.2, 0) is 14.3 Å². The number of likely N-dealkylation sites (tertiary alicyclic amines) is 2. The number of nitrogens with one attached hydrogen (secondary N) is 1. The summed E-state index contributed by atoms with van der Waals surface area (Å²) in [6.07, 6.45) is 6.63. The largest absolute Gasteiger partial charge is 0.507 e. The monoisotopic (exact) mass is 1090 g/mol. The molecule has 21 heteroatoms. The summed E-state index contributed by atoms with van der Waals surface area (Å²) in [7, 11) is 0. The second kappa shape index (κ2) is 22.8. The van der Waals surface area contributed by atoms with Crippen molar-refractivity contribution in [1.29, 1.82) is 0 Å². The number of nitrogens with two attached hydrogens (primary N) is 1. The van der Waals surface area contributed by atoms with Gasteiger partial charge in [0.05, 0.1) is 51.8 Å². The standard InChI is InChI=1S/C57H68FN11O8S/c1-32(2)50(57(73)68-30-40(70)24-47(68)55(72)62-33(3)35-9-11-36(12-10-35)53-34(4)61-31-78-53)52-51(58)56(65-77-52)74-22-21-66-19-16-41(17-20-66)75-42-25-43(26-42)76-49-23-37(15-18-60-49)69-38-13-14-39(69)29-67(28-38)46-27-45(63-64-54(46)59)44-7-5-6-8-48(44)71/h5-12,15,18,23,27,31-33,38-43,47,50,70-71H,13-14,16-17,19-22,24-26,28-30H2,1-4H3,(H2,59,64)(H,62,72)/t33-,38?,39?,40+,42?,43?,47-,50-/m0/s1. The number of aromatic hydroxyl groups is 1. The zero-order valence-corrected chi connectivity index (χ0v) is 45.2. The Balaban J connectivity index is 0.610. The van der Waals surface area contributed by atoms with Crippen LogP contribution in [0.3, 0.4) is 0 Å². The van der Waals surface area contributed by atoms with Crippen molar-refractivity contribution in [3.8, 4) is 39.2 Å². The van der Waals surface area contributed by atoms with Crippen LogP contribution >= 0.6 is 11.3 Å². The number of ether oxygens (including phenoxy) is 3. The van der Waals surface area contributed by atoms with Crippen LogP contribution in [0.2, 0.25) is 0 Å². The van der Waals surface area contributed by atoms with Gasteiger partial charge >= 0.3 is 0 Å². The number of pyridine rings is 1. The van der Waals surface area contributed by atoms with Crippen LogP contribution in [0.25, 0.3) is 21.7 Å². The van der Waals surface area contributed by atoms with Gasteiger partial charge in [-0.2, -0.15) is 4.39 Å². The average Bonchev–Trinajstić information content (AvgIpc) is 4.26. The van der Waals surface area contributed by atoms with E-state index in [0.29, 0.717) is 29.5 Å². The first-order valence-electron chi connectivity index (χ1n) is 27.3. The van der Waals surface area contributed by atoms with Crippen molar-refractivity contribution in [3.05, 3.63) is 101 Å². The maximum absolute atomic E-state index is 16.1. The van der Waals surface area contributed by atoms with Gasteiger partial charge in [0, 0.05) is 94.1 Å². The highest BCUT2D eigenvalue weighted by atomic mass is 32.1. The number of aromatic nitrogens is 5. The molecule has 1 aliphatic carbocycles. The Morgan fingerprint density at radius 2 is 1.68 bits per heavy atom. The van der Waals surface area contributed by atoms with Gasteiger partial charge in [0.25, 0.3) is 5.88 Å². The van der Waals surface area contributed by atoms with E-state index in [1.807, 2.05) is 68.0 Å². The third-order valence-corrected chi connectivity index (χ3v) is 17.2. The van der Waals surface area contributed by atoms with Crippen LogP contribution in [0.1, 0.15) is 94.7 Å². The molecule has 11 rings (SSSR count). The third-order valence-electron chi connectivity index (χ3n) is 16.2. The summed E-state index contributed by atoms with van der Waals surface area (Å²) in [5, 5.41) is 36.6. The molecule has 2 unspecified atom stereocenters. The van der Waals surface area contributed by atoms with E-state index >= 15 is 4.39 Å². The minimum Gasteiger partial charge on any atom is -0.507 e. The van der Waals surface area contributed by atoms with E-state index in [2.05, 4.69) is 57.5 Å². The number of thiazole rings is 1. The number of phenolic OH excluding ortho intramolecular Hbond substituents is 1. The molecule has 2 aromatic carbocycles. The van der Waals surface area contributed by atoms with Crippen LogP contribution in [0, 0.1) is 18.7 Å². The van der Waals surface area contributed by atoms with Gasteiger partial charge in [-0.05, 0) is 86.0 Å². The predicted octanol–water partition coefficient (Wildman–Crippen LogP) is 7.29. The molecule has 4 aliphatic heterocycles. The van der Waals surface area contributed by atoms with E-state index in [-0.39, 0.29) is 73.4 Å². The molecule has 78 heavy (non-hydrogen) atoms. The fraction of sp³-hybridized carbons (Fsp3) is 0.491. The van der Waals surface area contributed by atoms with Crippen molar-refractivity contribution in [2.24, 2.45) is 5.92 Å². The van der Waals surface area contributed by atoms with Crippen molar-refractivity contribution < 1.29 is 42.9 Å². The predicted molar refractivity (Wildman–Crippen MR) is 292 cm³/mol. The van der Waals surface area contributed by atoms with E-state index in [1.165, 1.54) is 4.90 Å². The lowest BCUT2D eigenvalue weighted by Gasteiger charge is -2.43. The number of β-amino-alcohol motifs (C(OH)–C–C–N with tert-alkyl or cyclic N) is 1. The van der Waals surface area contributed by atoms with Crippen LogP contribution in [-0.4, -0.2) is 146 Å². The smallest absolute Gasteiger partial charge is 0.291 e. The highest BCUT2D eigenvalue weighted by Crippen LogP contribution is 2.41. The number of hydrogen-bond donors (Lipinski definition) is 4. The zero-order valence-electron chi connectivity index (χ0n) is 44.4. The van der Waals surface area contributed by atoms with E-state index in [0.717, 1.165) is 97.8 Å². The molecule has 4 aromatic heterocycles. The number of aliphatic hydroxyl groups is 1. The summed E-state index contributed by atoms with van der Waals surface area (Å²) >= 11 is 1.57. The number of halogens is 1. The number of nitrogens with zero attached hydrogens (tertiary/aromatic N) is 9. The maximum Gasteiger partial charge on any atom is 0.291 e. The molecule has 412 valence electrons. The molecule has 5 fully saturated rings. The summed E-state index contributed by atoms with van der Waals surface area (Å²) < 4.78 is 40.3. The average molecular weight is 1090 g/mol. The van der Waals surface area contributed by atoms with Crippen molar-refractivity contribution >= 4 is 40.3 Å². The van der Waals surface area contributed by atoms with E-state index < -0.39 is 41.6 Å². The molecule has 1 saturated carbocycles. The molecule has 5 aliphatic rings. The number of rotatable bonds is 18. The van der Waals surface area contributed by atoms with Gasteiger partial charge in [-0.25, -0.2) is 9.97 Å². The Bertz CT molecular complexity index is 3060. The molecule has 8 heterocycles. The minimum absolute atomic E-state index is 0.0237. The second-order valence-corrected chi connectivity index (χ2v) is 22.7. The summed E-state index contributed by atoms with van der Waals surface area (Å²) in [4.78, 5) is 46.4. The lowest BCUT2D eigenvalue weighted by Crippen LogP contribution is -2.54. The van der Waals surface area contributed by atoms with Crippen molar-refractivity contribution in [2.45, 2.75) is 127 Å². The molecule has 6 aromatic rings. The van der Waals surface area contributed by atoms with Crippen LogP contribution < -0.4 is 30.3 Å². The fourth-order valence-corrected chi connectivity index (χ4v) is 12.8. The van der Waals surface area contributed by atoms with Gasteiger partial charge in [-0.15, -0.1) is 21.5 Å². The van der Waals surface area contributed by atoms with Crippen LogP contribution in [0.15, 0.2) is 83.0 Å². The van der Waals surface area contributed by atoms with Crippen molar-refractivity contribution in [3.63, 3.8) is 0 Å². The summed E-state index contributed by atoms with van der Waals surface area (Å²) in [6, 6.07) is 20.3. The first kappa shape index (κ1) is 53.1. The van der Waals surface area contributed by atoms with Gasteiger partial charge in [0.2, 0.25) is 23.5 Å². The summed E-state index contributed by atoms with van der Waals surface area (Å²) in [5.41, 5.74) is 14.2. The zero-order chi connectivity index (χ0) is 54.2. The molecule has 0 radical (unpaired) electrons. The number of anilines is 3. The molecular weight excluding hydrogens is 1020 g/mol. The van der Waals surface area contributed by atoms with Crippen LogP contribution in [0.4, 0.5) is 21.6 Å². The van der Waals surface area contributed by atoms with Gasteiger partial charge in [0.1, 0.15) is 30.4 Å². The number of benzene rings is 2. The quantitative estimate of drug-likeness (QED) is 0.0662. The molecule has 4 saturated heterocycles. The number of carbonyl (C=O) groups excluding carboxylic acids is 2. The van der Waals surface area contributed by atoms with E-state index in [9.17, 15) is 19.8 Å². The maximum atomic E-state index is 16.1. The molecule has 0 spiro atoms. The Hall–Kier alpha value is -6.94. The first-order chi connectivity index (χ1) is 37.7. The number of para-hydroxylation sites is 1. The van der Waals surface area contributed by atoms with Crippen molar-refractivity contribution in [1.82, 2.24) is 40.4 Å². The molecule has 5 N–H and O–H groups in total. The number of aryl methyl sites for hydroxylation is 1. The van der Waals surface area contributed by atoms with E-state index in [4.69, 9.17) is 24.5 Å². The third kappa shape index (κ3) is 11.2. The lowest BCUT2D eigenvalue weighted by molar-refractivity contribution is -0.141. The number of hydrogen-bond acceptors (Lipinski definition) is 18. The lowest BCUT2D eigenvalue weighted by atomic mass is 9.91.